The summed E-state index contributed by atoms with van der Waals surface area (Å²) in [5, 5.41) is 12.1. The van der Waals surface area contributed by atoms with Gasteiger partial charge in [-0.2, -0.15) is 18.3 Å². The van der Waals surface area contributed by atoms with Gasteiger partial charge in [-0.1, -0.05) is 0 Å². The van der Waals surface area contributed by atoms with E-state index in [1.807, 2.05) is 0 Å². The average molecular weight is 194 g/mol. The molecule has 0 radical (unpaired) electrons. The number of aromatic nitrogens is 2. The van der Waals surface area contributed by atoms with Crippen LogP contribution in [0.25, 0.3) is 0 Å². The molecular formula is C7H9F3N2O. The topological polar surface area (TPSA) is 38.0 Å². The minimum absolute atomic E-state index is 0.134. The number of rotatable bonds is 2. The Kier molecular flexibility index (Phi) is 2.60. The zero-order valence-electron chi connectivity index (χ0n) is 6.97. The number of halogens is 3. The van der Waals surface area contributed by atoms with Gasteiger partial charge in [0.05, 0.1) is 12.8 Å². The number of aliphatic hydroxyl groups excluding tert-OH is 1. The molecule has 74 valence electrons. The number of alkyl halides is 3. The van der Waals surface area contributed by atoms with E-state index < -0.39 is 18.5 Å². The van der Waals surface area contributed by atoms with Crippen LogP contribution in [0, 0.1) is 0 Å². The van der Waals surface area contributed by atoms with Crippen LogP contribution in [-0.2, 0) is 19.3 Å². The third-order valence-corrected chi connectivity index (χ3v) is 1.65. The molecule has 1 aromatic heterocycles. The van der Waals surface area contributed by atoms with Gasteiger partial charge in [-0.05, 0) is 6.92 Å². The lowest BCUT2D eigenvalue weighted by molar-refractivity contribution is -0.145. The Balaban J connectivity index is 3.20. The van der Waals surface area contributed by atoms with Gasteiger partial charge >= 0.3 is 6.18 Å². The third kappa shape index (κ3) is 1.82. The Hall–Kier alpha value is -1.04. The first kappa shape index (κ1) is 10.0. The molecule has 0 aliphatic carbocycles. The number of aliphatic hydroxyl groups is 1. The maximum Gasteiger partial charge on any atom is 0.433 e. The molecule has 1 aromatic rings. The van der Waals surface area contributed by atoms with E-state index in [1.165, 1.54) is 0 Å². The van der Waals surface area contributed by atoms with Crippen LogP contribution in [-0.4, -0.2) is 14.9 Å². The van der Waals surface area contributed by atoms with Crippen molar-refractivity contribution in [2.45, 2.75) is 26.3 Å². The number of hydrogen-bond acceptors (Lipinski definition) is 2. The largest absolute Gasteiger partial charge is 0.433 e. The van der Waals surface area contributed by atoms with Crippen molar-refractivity contribution in [3.05, 3.63) is 17.5 Å². The molecule has 0 amide bonds. The third-order valence-electron chi connectivity index (χ3n) is 1.65. The number of hydrogen-bond donors (Lipinski definition) is 1. The van der Waals surface area contributed by atoms with Gasteiger partial charge in [-0.25, -0.2) is 0 Å². The van der Waals surface area contributed by atoms with Gasteiger partial charge in [0.1, 0.15) is 5.69 Å². The van der Waals surface area contributed by atoms with Crippen molar-refractivity contribution in [3.8, 4) is 0 Å². The predicted molar refractivity (Wildman–Crippen MR) is 38.8 cm³/mol. The van der Waals surface area contributed by atoms with E-state index in [0.717, 1.165) is 10.9 Å². The van der Waals surface area contributed by atoms with Gasteiger partial charge in [-0.15, -0.1) is 0 Å². The molecule has 0 aromatic carbocycles. The molecule has 0 atom stereocenters. The van der Waals surface area contributed by atoms with Crippen LogP contribution in [0.4, 0.5) is 13.2 Å². The fourth-order valence-electron chi connectivity index (χ4n) is 1.11. The number of nitrogens with zero attached hydrogens (tertiary/aromatic N) is 2. The first-order chi connectivity index (χ1) is 6.00. The minimum atomic E-state index is -4.45. The molecule has 6 heteroatoms. The second-order valence-corrected chi connectivity index (χ2v) is 2.49. The van der Waals surface area contributed by atoms with Crippen LogP contribution in [0.1, 0.15) is 18.2 Å². The Labute approximate surface area is 72.8 Å². The van der Waals surface area contributed by atoms with E-state index >= 15 is 0 Å². The molecule has 0 bridgehead atoms. The molecule has 1 rings (SSSR count). The zero-order chi connectivity index (χ0) is 10.1. The van der Waals surface area contributed by atoms with Crippen molar-refractivity contribution in [1.82, 2.24) is 9.78 Å². The smallest absolute Gasteiger partial charge is 0.392 e. The van der Waals surface area contributed by atoms with Gasteiger partial charge in [-0.3, -0.25) is 4.68 Å². The molecule has 1 heterocycles. The molecule has 3 nitrogen and oxygen atoms in total. The summed E-state index contributed by atoms with van der Waals surface area (Å²) in [6.07, 6.45) is -3.42. The summed E-state index contributed by atoms with van der Waals surface area (Å²) in [4.78, 5) is 0. The standard InChI is InChI=1S/C7H9F3N2O/c1-2-12-6(7(8,9)10)5(4-13)3-11-12/h3,13H,2,4H2,1H3. The fraction of sp³-hybridized carbons (Fsp3) is 0.571. The van der Waals surface area contributed by atoms with Crippen LogP contribution in [0.15, 0.2) is 6.20 Å². The van der Waals surface area contributed by atoms with Crippen molar-refractivity contribution in [2.75, 3.05) is 0 Å². The molecule has 0 spiro atoms. The lowest BCUT2D eigenvalue weighted by Gasteiger charge is -2.09. The molecule has 1 N–H and O–H groups in total. The Bertz CT molecular complexity index is 271. The zero-order valence-corrected chi connectivity index (χ0v) is 6.97. The van der Waals surface area contributed by atoms with E-state index in [-0.39, 0.29) is 12.1 Å². The van der Waals surface area contributed by atoms with Crippen molar-refractivity contribution < 1.29 is 18.3 Å². The quantitative estimate of drug-likeness (QED) is 0.773. The molecule has 13 heavy (non-hydrogen) atoms. The van der Waals surface area contributed by atoms with Gasteiger partial charge in [0.25, 0.3) is 0 Å². The molecular weight excluding hydrogens is 185 g/mol. The lowest BCUT2D eigenvalue weighted by Crippen LogP contribution is -2.15. The van der Waals surface area contributed by atoms with E-state index in [4.69, 9.17) is 5.11 Å². The highest BCUT2D eigenvalue weighted by Crippen LogP contribution is 2.31. The Morgan fingerprint density at radius 2 is 2.15 bits per heavy atom. The Morgan fingerprint density at radius 3 is 2.54 bits per heavy atom. The van der Waals surface area contributed by atoms with Crippen molar-refractivity contribution in [2.24, 2.45) is 0 Å². The summed E-state index contributed by atoms with van der Waals surface area (Å²) in [7, 11) is 0. The first-order valence-electron chi connectivity index (χ1n) is 3.73. The highest BCUT2D eigenvalue weighted by atomic mass is 19.4. The molecule has 0 aliphatic rings. The molecule has 0 saturated heterocycles. The number of aryl methyl sites for hydroxylation is 1. The second-order valence-electron chi connectivity index (χ2n) is 2.49. The van der Waals surface area contributed by atoms with Crippen molar-refractivity contribution in [3.63, 3.8) is 0 Å². The highest BCUT2D eigenvalue weighted by Gasteiger charge is 2.37. The van der Waals surface area contributed by atoms with Crippen molar-refractivity contribution >= 4 is 0 Å². The fourth-order valence-corrected chi connectivity index (χ4v) is 1.11. The lowest BCUT2D eigenvalue weighted by atomic mass is 10.2. The summed E-state index contributed by atoms with van der Waals surface area (Å²) >= 11 is 0. The molecule has 0 aliphatic heterocycles. The van der Waals surface area contributed by atoms with E-state index in [2.05, 4.69) is 5.10 Å². The van der Waals surface area contributed by atoms with Crippen molar-refractivity contribution in [1.29, 1.82) is 0 Å². The Morgan fingerprint density at radius 1 is 1.54 bits per heavy atom. The van der Waals surface area contributed by atoms with Crippen LogP contribution in [0.2, 0.25) is 0 Å². The summed E-state index contributed by atoms with van der Waals surface area (Å²) < 4.78 is 37.9. The van der Waals surface area contributed by atoms with Crippen LogP contribution < -0.4 is 0 Å². The van der Waals surface area contributed by atoms with Crippen LogP contribution in [0.5, 0.6) is 0 Å². The summed E-state index contributed by atoms with van der Waals surface area (Å²) in [6, 6.07) is 0. The highest BCUT2D eigenvalue weighted by molar-refractivity contribution is 5.19. The summed E-state index contributed by atoms with van der Waals surface area (Å²) in [6.45, 7) is 1.05. The van der Waals surface area contributed by atoms with Gasteiger partial charge in [0.15, 0.2) is 0 Å². The maximum absolute atomic E-state index is 12.3. The summed E-state index contributed by atoms with van der Waals surface area (Å²) in [5.74, 6) is 0. The molecule has 0 unspecified atom stereocenters. The van der Waals surface area contributed by atoms with E-state index in [9.17, 15) is 13.2 Å². The molecule has 0 saturated carbocycles. The second kappa shape index (κ2) is 3.37. The summed E-state index contributed by atoms with van der Waals surface area (Å²) in [5.41, 5.74) is -1.05. The monoisotopic (exact) mass is 194 g/mol. The minimum Gasteiger partial charge on any atom is -0.392 e. The van der Waals surface area contributed by atoms with Crippen LogP contribution in [0.3, 0.4) is 0 Å². The van der Waals surface area contributed by atoms with E-state index in [0.29, 0.717) is 0 Å². The average Bonchev–Trinajstić information content (AvgIpc) is 2.45. The van der Waals surface area contributed by atoms with E-state index in [1.54, 1.807) is 6.92 Å². The SMILES string of the molecule is CCn1ncc(CO)c1C(F)(F)F. The molecule has 0 fully saturated rings. The van der Waals surface area contributed by atoms with Gasteiger partial charge < -0.3 is 5.11 Å². The first-order valence-corrected chi connectivity index (χ1v) is 3.73. The maximum atomic E-state index is 12.3. The van der Waals surface area contributed by atoms with Gasteiger partial charge in [0, 0.05) is 12.1 Å². The normalized spacial score (nSPS) is 12.1. The predicted octanol–water partition coefficient (Wildman–Crippen LogP) is 1.41. The van der Waals surface area contributed by atoms with Gasteiger partial charge in [0.2, 0.25) is 0 Å². The van der Waals surface area contributed by atoms with Crippen LogP contribution >= 0.6 is 0 Å².